The van der Waals surface area contributed by atoms with Gasteiger partial charge >= 0.3 is 0 Å². The minimum atomic E-state index is 0.562. The molecule has 2 heterocycles. The van der Waals surface area contributed by atoms with E-state index in [0.717, 1.165) is 17.7 Å². The Morgan fingerprint density at radius 3 is 2.74 bits per heavy atom. The van der Waals surface area contributed by atoms with Crippen molar-refractivity contribution in [1.82, 2.24) is 20.1 Å². The third-order valence-corrected chi connectivity index (χ3v) is 3.98. The normalized spacial score (nSPS) is 14.7. The van der Waals surface area contributed by atoms with Crippen molar-refractivity contribution in [3.05, 3.63) is 35.0 Å². The van der Waals surface area contributed by atoms with E-state index in [0.29, 0.717) is 43.0 Å². The Morgan fingerprint density at radius 2 is 2.04 bits per heavy atom. The third kappa shape index (κ3) is 3.68. The van der Waals surface area contributed by atoms with Crippen molar-refractivity contribution in [2.24, 2.45) is 0 Å². The highest BCUT2D eigenvalue weighted by atomic mass is 35.5. The monoisotopic (exact) mass is 332 g/mol. The van der Waals surface area contributed by atoms with Crippen molar-refractivity contribution in [3.8, 4) is 0 Å². The molecule has 120 valence electrons. The second-order valence-corrected chi connectivity index (χ2v) is 5.79. The number of amides is 1. The molecule has 0 atom stereocenters. The number of aromatic nitrogens is 3. The maximum Gasteiger partial charge on any atom is 0.247 e. The molecule has 3 rings (SSSR count). The molecule has 1 fully saturated rings. The smallest absolute Gasteiger partial charge is 0.247 e. The van der Waals surface area contributed by atoms with Gasteiger partial charge in [-0.15, -0.1) is 5.10 Å². The first kappa shape index (κ1) is 15.5. The molecule has 1 N–H and O–H groups in total. The standard InChI is InChI=1S/C15H17ClN6O/c1-11-8-12(16)2-3-13(11)18-14-9-17-20-15(19-14)22-6-4-21(10-23)5-7-22/h2-3,8-10H,4-7H2,1H3,(H,18,19,20). The van der Waals surface area contributed by atoms with E-state index in [1.165, 1.54) is 0 Å². The number of anilines is 3. The van der Waals surface area contributed by atoms with Gasteiger partial charge in [0.2, 0.25) is 12.4 Å². The Kier molecular flexibility index (Phi) is 4.57. The minimum absolute atomic E-state index is 0.562. The lowest BCUT2D eigenvalue weighted by Crippen LogP contribution is -2.46. The maximum atomic E-state index is 10.8. The quantitative estimate of drug-likeness (QED) is 0.861. The minimum Gasteiger partial charge on any atom is -0.342 e. The number of nitrogens with zero attached hydrogens (tertiary/aromatic N) is 5. The second-order valence-electron chi connectivity index (χ2n) is 5.35. The van der Waals surface area contributed by atoms with E-state index in [-0.39, 0.29) is 0 Å². The van der Waals surface area contributed by atoms with Gasteiger partial charge in [-0.25, -0.2) is 0 Å². The molecule has 1 aliphatic rings. The van der Waals surface area contributed by atoms with Crippen LogP contribution in [-0.4, -0.2) is 52.7 Å². The molecule has 0 spiro atoms. The first-order chi connectivity index (χ1) is 11.2. The summed E-state index contributed by atoms with van der Waals surface area (Å²) in [5.74, 6) is 1.19. The average Bonchev–Trinajstić information content (AvgIpc) is 2.58. The summed E-state index contributed by atoms with van der Waals surface area (Å²) in [6.45, 7) is 4.71. The van der Waals surface area contributed by atoms with Gasteiger partial charge in [0.05, 0.1) is 6.20 Å². The van der Waals surface area contributed by atoms with E-state index in [9.17, 15) is 4.79 Å². The molecule has 2 aromatic rings. The fourth-order valence-corrected chi connectivity index (χ4v) is 2.65. The van der Waals surface area contributed by atoms with Gasteiger partial charge in [0.25, 0.3) is 0 Å². The largest absolute Gasteiger partial charge is 0.342 e. The number of benzene rings is 1. The van der Waals surface area contributed by atoms with Crippen LogP contribution >= 0.6 is 11.6 Å². The van der Waals surface area contributed by atoms with Crippen molar-refractivity contribution in [2.75, 3.05) is 36.4 Å². The molecule has 1 saturated heterocycles. The molecule has 1 aromatic heterocycles. The number of hydrogen-bond donors (Lipinski definition) is 1. The fourth-order valence-electron chi connectivity index (χ4n) is 2.42. The van der Waals surface area contributed by atoms with E-state index in [1.807, 2.05) is 30.0 Å². The highest BCUT2D eigenvalue weighted by Crippen LogP contribution is 2.23. The zero-order chi connectivity index (χ0) is 16.2. The van der Waals surface area contributed by atoms with Crippen LogP contribution in [-0.2, 0) is 4.79 Å². The first-order valence-electron chi connectivity index (χ1n) is 7.33. The molecule has 1 aliphatic heterocycles. The molecule has 8 heteroatoms. The highest BCUT2D eigenvalue weighted by molar-refractivity contribution is 6.30. The van der Waals surface area contributed by atoms with Crippen LogP contribution in [0.5, 0.6) is 0 Å². The number of piperazine rings is 1. The van der Waals surface area contributed by atoms with Gasteiger partial charge < -0.3 is 15.1 Å². The fraction of sp³-hybridized carbons (Fsp3) is 0.333. The Bertz CT molecular complexity index is 702. The van der Waals surface area contributed by atoms with Crippen LogP contribution in [0, 0.1) is 6.92 Å². The average molecular weight is 333 g/mol. The van der Waals surface area contributed by atoms with E-state index >= 15 is 0 Å². The van der Waals surface area contributed by atoms with Gasteiger partial charge in [-0.1, -0.05) is 11.6 Å². The Morgan fingerprint density at radius 1 is 1.26 bits per heavy atom. The summed E-state index contributed by atoms with van der Waals surface area (Å²) in [6.07, 6.45) is 2.46. The summed E-state index contributed by atoms with van der Waals surface area (Å²) in [5, 5.41) is 12.0. The molecule has 0 radical (unpaired) electrons. The van der Waals surface area contributed by atoms with Crippen molar-refractivity contribution in [2.45, 2.75) is 6.92 Å². The summed E-state index contributed by atoms with van der Waals surface area (Å²) in [6, 6.07) is 5.62. The SMILES string of the molecule is Cc1cc(Cl)ccc1Nc1cnnc(N2CCN(C=O)CC2)n1. The van der Waals surface area contributed by atoms with Gasteiger partial charge in [0.15, 0.2) is 5.82 Å². The van der Waals surface area contributed by atoms with Crippen LogP contribution in [0.1, 0.15) is 5.56 Å². The second kappa shape index (κ2) is 6.78. The molecule has 23 heavy (non-hydrogen) atoms. The molecule has 1 amide bonds. The van der Waals surface area contributed by atoms with Gasteiger partial charge in [-0.05, 0) is 30.7 Å². The topological polar surface area (TPSA) is 74.2 Å². The van der Waals surface area contributed by atoms with Crippen molar-refractivity contribution >= 4 is 35.5 Å². The molecule has 0 aliphatic carbocycles. The predicted octanol–water partition coefficient (Wildman–Crippen LogP) is 1.86. The van der Waals surface area contributed by atoms with Gasteiger partial charge in [0, 0.05) is 36.9 Å². The lowest BCUT2D eigenvalue weighted by atomic mass is 10.2. The molecular weight excluding hydrogens is 316 g/mol. The zero-order valence-electron chi connectivity index (χ0n) is 12.7. The van der Waals surface area contributed by atoms with Crippen molar-refractivity contribution < 1.29 is 4.79 Å². The number of rotatable bonds is 4. The van der Waals surface area contributed by atoms with Crippen LogP contribution in [0.4, 0.5) is 17.5 Å². The summed E-state index contributed by atoms with van der Waals surface area (Å²) in [7, 11) is 0. The molecule has 7 nitrogen and oxygen atoms in total. The Balaban J connectivity index is 1.74. The van der Waals surface area contributed by atoms with Crippen molar-refractivity contribution in [1.29, 1.82) is 0 Å². The van der Waals surface area contributed by atoms with Crippen LogP contribution < -0.4 is 10.2 Å². The highest BCUT2D eigenvalue weighted by Gasteiger charge is 2.18. The van der Waals surface area contributed by atoms with Crippen LogP contribution in [0.15, 0.2) is 24.4 Å². The molecule has 0 saturated carbocycles. The summed E-state index contributed by atoms with van der Waals surface area (Å²) >= 11 is 5.97. The lowest BCUT2D eigenvalue weighted by molar-refractivity contribution is -0.118. The number of carbonyl (C=O) groups is 1. The number of aryl methyl sites for hydroxylation is 1. The lowest BCUT2D eigenvalue weighted by Gasteiger charge is -2.32. The Hall–Kier alpha value is -2.41. The van der Waals surface area contributed by atoms with E-state index in [2.05, 4.69) is 20.5 Å². The maximum absolute atomic E-state index is 10.8. The first-order valence-corrected chi connectivity index (χ1v) is 7.71. The van der Waals surface area contributed by atoms with Gasteiger partial charge in [0.1, 0.15) is 0 Å². The van der Waals surface area contributed by atoms with Crippen LogP contribution in [0.25, 0.3) is 0 Å². The van der Waals surface area contributed by atoms with E-state index < -0.39 is 0 Å². The molecule has 0 bridgehead atoms. The van der Waals surface area contributed by atoms with Crippen LogP contribution in [0.2, 0.25) is 5.02 Å². The van der Waals surface area contributed by atoms with Crippen molar-refractivity contribution in [3.63, 3.8) is 0 Å². The summed E-state index contributed by atoms with van der Waals surface area (Å²) < 4.78 is 0. The van der Waals surface area contributed by atoms with Crippen LogP contribution in [0.3, 0.4) is 0 Å². The van der Waals surface area contributed by atoms with Gasteiger partial charge in [-0.3, -0.25) is 4.79 Å². The number of nitrogens with one attached hydrogen (secondary N) is 1. The summed E-state index contributed by atoms with van der Waals surface area (Å²) in [4.78, 5) is 19.0. The predicted molar refractivity (Wildman–Crippen MR) is 89.1 cm³/mol. The number of halogens is 1. The van der Waals surface area contributed by atoms with Gasteiger partial charge in [-0.2, -0.15) is 10.1 Å². The number of hydrogen-bond acceptors (Lipinski definition) is 6. The van der Waals surface area contributed by atoms with E-state index in [1.54, 1.807) is 11.1 Å². The Labute approximate surface area is 139 Å². The van der Waals surface area contributed by atoms with E-state index in [4.69, 9.17) is 11.6 Å². The summed E-state index contributed by atoms with van der Waals surface area (Å²) in [5.41, 5.74) is 1.95. The third-order valence-electron chi connectivity index (χ3n) is 3.75. The molecule has 0 unspecified atom stereocenters. The zero-order valence-corrected chi connectivity index (χ0v) is 13.5. The number of carbonyl (C=O) groups excluding carboxylic acids is 1. The molecular formula is C15H17ClN6O. The molecule has 1 aromatic carbocycles.